The minimum atomic E-state index is -1.37. The minimum Gasteiger partial charge on any atom is -0.378 e. The van der Waals surface area contributed by atoms with Crippen LogP contribution >= 0.6 is 0 Å². The molecule has 1 nitrogen and oxygen atoms in total. The maximum Gasteiger partial charge on any atom is 0.167 e. The van der Waals surface area contributed by atoms with E-state index < -0.39 is 40.2 Å². The van der Waals surface area contributed by atoms with Crippen molar-refractivity contribution in [3.05, 3.63) is 88.8 Å². The second-order valence-electron chi connectivity index (χ2n) is 8.88. The summed E-state index contributed by atoms with van der Waals surface area (Å²) in [5.74, 6) is -6.04. The number of hydrogen-bond acceptors (Lipinski definition) is 1. The molecule has 3 aromatic rings. The zero-order valence-electron chi connectivity index (χ0n) is 19.7. The summed E-state index contributed by atoms with van der Waals surface area (Å²) in [6, 6.07) is 9.14. The van der Waals surface area contributed by atoms with Crippen molar-refractivity contribution in [2.24, 2.45) is 0 Å². The third-order valence-corrected chi connectivity index (χ3v) is 6.55. The Morgan fingerprint density at radius 2 is 1.40 bits per heavy atom. The fraction of sp³-hybridized carbons (Fsp3) is 0.310. The molecule has 2 atom stereocenters. The summed E-state index contributed by atoms with van der Waals surface area (Å²) in [4.78, 5) is 0. The Hall–Kier alpha value is -2.99. The van der Waals surface area contributed by atoms with Gasteiger partial charge in [0, 0.05) is 28.2 Å². The van der Waals surface area contributed by atoms with Crippen LogP contribution in [-0.2, 0) is 4.74 Å². The van der Waals surface area contributed by atoms with Gasteiger partial charge in [-0.2, -0.15) is 0 Å². The van der Waals surface area contributed by atoms with Gasteiger partial charge in [0.05, 0.1) is 12.7 Å². The highest BCUT2D eigenvalue weighted by Gasteiger charge is 2.28. The van der Waals surface area contributed by atoms with Crippen LogP contribution in [0, 0.1) is 29.1 Å². The Balaban J connectivity index is 1.65. The van der Waals surface area contributed by atoms with Crippen molar-refractivity contribution in [2.45, 2.75) is 51.6 Å². The molecule has 1 aliphatic rings. The Bertz CT molecular complexity index is 1240. The zero-order valence-corrected chi connectivity index (χ0v) is 19.7. The van der Waals surface area contributed by atoms with Crippen LogP contribution in [0.3, 0.4) is 0 Å². The van der Waals surface area contributed by atoms with E-state index in [9.17, 15) is 8.78 Å². The van der Waals surface area contributed by atoms with Gasteiger partial charge in [-0.05, 0) is 43.4 Å². The Morgan fingerprint density at radius 1 is 0.800 bits per heavy atom. The quantitative estimate of drug-likeness (QED) is 0.316. The molecule has 184 valence electrons. The highest BCUT2D eigenvalue weighted by atomic mass is 19.2. The lowest BCUT2D eigenvalue weighted by Gasteiger charge is -2.29. The maximum atomic E-state index is 15.0. The summed E-state index contributed by atoms with van der Waals surface area (Å²) in [5.41, 5.74) is -0.493. The summed E-state index contributed by atoms with van der Waals surface area (Å²) in [7, 11) is 0. The van der Waals surface area contributed by atoms with Gasteiger partial charge in [-0.1, -0.05) is 61.9 Å². The second kappa shape index (κ2) is 10.7. The van der Waals surface area contributed by atoms with Crippen molar-refractivity contribution in [1.82, 2.24) is 0 Å². The average Bonchev–Trinajstić information content (AvgIpc) is 2.85. The van der Waals surface area contributed by atoms with E-state index in [2.05, 4.69) is 6.92 Å². The van der Waals surface area contributed by atoms with Gasteiger partial charge in [-0.3, -0.25) is 0 Å². The lowest BCUT2D eigenvalue weighted by Crippen LogP contribution is -2.25. The van der Waals surface area contributed by atoms with Crippen molar-refractivity contribution in [2.75, 3.05) is 6.61 Å². The molecular weight excluding hydrogens is 459 g/mol. The zero-order chi connectivity index (χ0) is 25.1. The van der Waals surface area contributed by atoms with Crippen LogP contribution < -0.4 is 0 Å². The summed E-state index contributed by atoms with van der Waals surface area (Å²) >= 11 is 0. The van der Waals surface area contributed by atoms with Crippen LogP contribution in [0.2, 0.25) is 0 Å². The van der Waals surface area contributed by atoms with Gasteiger partial charge in [0.25, 0.3) is 0 Å². The highest BCUT2D eigenvalue weighted by molar-refractivity contribution is 5.73. The first kappa shape index (κ1) is 25.1. The van der Waals surface area contributed by atoms with Gasteiger partial charge < -0.3 is 4.74 Å². The molecule has 0 amide bonds. The first-order valence-corrected chi connectivity index (χ1v) is 11.9. The average molecular weight is 487 g/mol. The number of rotatable bonds is 6. The lowest BCUT2D eigenvalue weighted by molar-refractivity contribution is -0.00181. The summed E-state index contributed by atoms with van der Waals surface area (Å²) in [6.45, 7) is 4.13. The highest BCUT2D eigenvalue weighted by Crippen LogP contribution is 2.38. The third kappa shape index (κ3) is 5.03. The normalized spacial score (nSPS) is 18.4. The van der Waals surface area contributed by atoms with E-state index in [1.165, 1.54) is 30.3 Å². The molecule has 0 radical (unpaired) electrons. The molecule has 0 spiro atoms. The largest absolute Gasteiger partial charge is 0.378 e. The van der Waals surface area contributed by atoms with E-state index in [0.717, 1.165) is 25.3 Å². The second-order valence-corrected chi connectivity index (χ2v) is 8.88. The Morgan fingerprint density at radius 3 is 1.97 bits per heavy atom. The van der Waals surface area contributed by atoms with Crippen LogP contribution in [-0.4, -0.2) is 12.7 Å². The van der Waals surface area contributed by atoms with Crippen LogP contribution in [0.4, 0.5) is 22.0 Å². The first-order valence-electron chi connectivity index (χ1n) is 11.9. The SMILES string of the molecule is CC=Cc1ccc(-c2ccc(-c3ccc(C4CCC(CCC)OC4)c(F)c3F)c(F)c2F)c(F)c1. The number of halogens is 5. The van der Waals surface area contributed by atoms with Gasteiger partial charge in [0.15, 0.2) is 23.3 Å². The number of allylic oxidation sites excluding steroid dienone is 1. The molecule has 4 rings (SSSR count). The smallest absolute Gasteiger partial charge is 0.167 e. The standard InChI is InChI=1S/C29H27F5O/c1-3-5-17-7-10-21(25(30)15-17)22-13-14-24(29(34)27(22)32)23-12-11-20(26(31)28(23)33)18-8-9-19(6-4-2)35-16-18/h3,5,7,10-15,18-19H,4,6,8-9,16H2,1-2H3. The minimum absolute atomic E-state index is 0.123. The number of benzene rings is 3. The molecule has 0 N–H and O–H groups in total. The van der Waals surface area contributed by atoms with Crippen LogP contribution in [0.15, 0.2) is 48.5 Å². The van der Waals surface area contributed by atoms with E-state index >= 15 is 13.2 Å². The topological polar surface area (TPSA) is 9.23 Å². The van der Waals surface area contributed by atoms with E-state index in [1.807, 2.05) is 0 Å². The molecule has 2 unspecified atom stereocenters. The number of ether oxygens (including phenoxy) is 1. The Kier molecular flexibility index (Phi) is 7.70. The Labute approximate surface area is 202 Å². The van der Waals surface area contributed by atoms with E-state index in [0.29, 0.717) is 12.0 Å². The molecule has 1 heterocycles. The molecule has 6 heteroatoms. The number of hydrogen-bond donors (Lipinski definition) is 0. The fourth-order valence-electron chi connectivity index (χ4n) is 4.70. The van der Waals surface area contributed by atoms with Crippen LogP contribution in [0.5, 0.6) is 0 Å². The predicted molar refractivity (Wildman–Crippen MR) is 128 cm³/mol. The summed E-state index contributed by atoms with van der Waals surface area (Å²) in [6.07, 6.45) is 6.87. The molecule has 3 aromatic carbocycles. The van der Waals surface area contributed by atoms with Crippen molar-refractivity contribution in [3.63, 3.8) is 0 Å². The van der Waals surface area contributed by atoms with Crippen molar-refractivity contribution in [3.8, 4) is 22.3 Å². The molecule has 0 aromatic heterocycles. The first-order chi connectivity index (χ1) is 16.8. The van der Waals surface area contributed by atoms with Gasteiger partial charge in [-0.25, -0.2) is 22.0 Å². The molecular formula is C29H27F5O. The van der Waals surface area contributed by atoms with Gasteiger partial charge in [-0.15, -0.1) is 0 Å². The monoisotopic (exact) mass is 486 g/mol. The molecule has 1 aliphatic heterocycles. The van der Waals surface area contributed by atoms with Crippen LogP contribution in [0.1, 0.15) is 56.6 Å². The van der Waals surface area contributed by atoms with Crippen LogP contribution in [0.25, 0.3) is 28.3 Å². The van der Waals surface area contributed by atoms with Gasteiger partial charge >= 0.3 is 0 Å². The molecule has 0 bridgehead atoms. The summed E-state index contributed by atoms with van der Waals surface area (Å²) < 4.78 is 80.4. The van der Waals surface area contributed by atoms with Crippen molar-refractivity contribution >= 4 is 6.08 Å². The predicted octanol–water partition coefficient (Wildman–Crippen LogP) is 8.81. The molecule has 35 heavy (non-hydrogen) atoms. The maximum absolute atomic E-state index is 15.0. The van der Waals surface area contributed by atoms with E-state index in [4.69, 9.17) is 4.74 Å². The lowest BCUT2D eigenvalue weighted by atomic mass is 9.88. The molecule has 1 fully saturated rings. The van der Waals surface area contributed by atoms with Crippen molar-refractivity contribution in [1.29, 1.82) is 0 Å². The van der Waals surface area contributed by atoms with E-state index in [-0.39, 0.29) is 35.3 Å². The summed E-state index contributed by atoms with van der Waals surface area (Å²) in [5, 5.41) is 0. The third-order valence-electron chi connectivity index (χ3n) is 6.55. The molecule has 0 saturated carbocycles. The molecule has 1 saturated heterocycles. The van der Waals surface area contributed by atoms with Gasteiger partial charge in [0.2, 0.25) is 0 Å². The van der Waals surface area contributed by atoms with Crippen molar-refractivity contribution < 1.29 is 26.7 Å². The van der Waals surface area contributed by atoms with Gasteiger partial charge in [0.1, 0.15) is 5.82 Å². The fourth-order valence-corrected chi connectivity index (χ4v) is 4.70. The molecule has 0 aliphatic carbocycles. The van der Waals surface area contributed by atoms with E-state index in [1.54, 1.807) is 25.1 Å².